The summed E-state index contributed by atoms with van der Waals surface area (Å²) in [6, 6.07) is 23.1. The van der Waals surface area contributed by atoms with Crippen LogP contribution in [-0.2, 0) is 0 Å². The molecule has 0 aliphatic heterocycles. The van der Waals surface area contributed by atoms with E-state index in [-0.39, 0.29) is 16.3 Å². The molecule has 0 atom stereocenters. The minimum atomic E-state index is -0.687. The van der Waals surface area contributed by atoms with Gasteiger partial charge in [-0.15, -0.1) is 0 Å². The highest BCUT2D eigenvalue weighted by Gasteiger charge is 2.21. The third-order valence-corrected chi connectivity index (χ3v) is 7.65. The van der Waals surface area contributed by atoms with E-state index in [4.69, 9.17) is 32.7 Å². The van der Waals surface area contributed by atoms with Gasteiger partial charge < -0.3 is 14.5 Å². The highest BCUT2D eigenvalue weighted by atomic mass is 79.9. The number of rotatable bonds is 7. The zero-order valence-corrected chi connectivity index (χ0v) is 25.9. The Morgan fingerprint density at radius 3 is 2.49 bits per heavy atom. The number of carbonyl (C=O) groups excluding carboxylic acids is 2. The molecule has 0 fully saturated rings. The van der Waals surface area contributed by atoms with Gasteiger partial charge in [-0.3, -0.25) is 4.79 Å². The van der Waals surface area contributed by atoms with E-state index in [1.165, 1.54) is 18.3 Å². The molecule has 1 aromatic heterocycles. The number of nitrogens with zero attached hydrogens (tertiary/aromatic N) is 1. The molecule has 0 radical (unpaired) electrons. The van der Waals surface area contributed by atoms with Crippen LogP contribution in [0, 0.1) is 0 Å². The normalized spacial score (nSPS) is 11.1. The number of hydrogen-bond donors (Lipinski definition) is 2. The van der Waals surface area contributed by atoms with Gasteiger partial charge in [0.25, 0.3) is 5.91 Å². The zero-order valence-electron chi connectivity index (χ0n) is 21.2. The first-order chi connectivity index (χ1) is 19.8. The molecule has 0 aliphatic carbocycles. The van der Waals surface area contributed by atoms with Gasteiger partial charge in [-0.05, 0) is 57.9 Å². The number of methoxy groups -OCH3 is 1. The number of ether oxygens (including phenoxy) is 2. The fourth-order valence-corrected chi connectivity index (χ4v) is 6.06. The van der Waals surface area contributed by atoms with Crippen LogP contribution in [0.25, 0.3) is 22.0 Å². The molecule has 4 aromatic carbocycles. The van der Waals surface area contributed by atoms with Crippen LogP contribution in [0.5, 0.6) is 11.5 Å². The average molecular weight is 716 g/mol. The Hall–Kier alpha value is -3.63. The highest BCUT2D eigenvalue weighted by molar-refractivity contribution is 9.11. The van der Waals surface area contributed by atoms with Gasteiger partial charge >= 0.3 is 5.97 Å². The molecule has 0 saturated heterocycles. The number of hydrazone groups is 1. The molecular weight excluding hydrogens is 697 g/mol. The first-order valence-corrected chi connectivity index (χ1v) is 14.3. The van der Waals surface area contributed by atoms with Gasteiger partial charge in [0.1, 0.15) is 11.4 Å². The van der Waals surface area contributed by atoms with Crippen molar-refractivity contribution in [3.8, 4) is 22.6 Å². The van der Waals surface area contributed by atoms with Crippen LogP contribution in [0.3, 0.4) is 0 Å². The number of aromatic nitrogens is 1. The van der Waals surface area contributed by atoms with E-state index in [9.17, 15) is 9.59 Å². The van der Waals surface area contributed by atoms with Gasteiger partial charge in [0.15, 0.2) is 5.75 Å². The number of nitrogens with one attached hydrogen (secondary N) is 2. The monoisotopic (exact) mass is 713 g/mol. The van der Waals surface area contributed by atoms with Crippen LogP contribution in [0.15, 0.2) is 92.9 Å². The predicted octanol–water partition coefficient (Wildman–Crippen LogP) is 8.66. The first kappa shape index (κ1) is 28.9. The number of benzene rings is 4. The third-order valence-electron chi connectivity index (χ3n) is 6.06. The van der Waals surface area contributed by atoms with Crippen LogP contribution < -0.4 is 14.9 Å². The number of halogens is 4. The summed E-state index contributed by atoms with van der Waals surface area (Å²) in [5, 5.41) is 5.54. The summed E-state index contributed by atoms with van der Waals surface area (Å²) in [5.74, 6) is -0.372. The topological polar surface area (TPSA) is 92.8 Å². The van der Waals surface area contributed by atoms with Crippen molar-refractivity contribution >= 4 is 84.1 Å². The molecule has 2 N–H and O–H groups in total. The Morgan fingerprint density at radius 1 is 0.976 bits per heavy atom. The molecule has 11 heteroatoms. The lowest BCUT2D eigenvalue weighted by Gasteiger charge is -2.11. The Kier molecular flexibility index (Phi) is 8.79. The van der Waals surface area contributed by atoms with Crippen LogP contribution in [0.1, 0.15) is 26.4 Å². The van der Waals surface area contributed by atoms with E-state index in [2.05, 4.69) is 47.4 Å². The van der Waals surface area contributed by atoms with Crippen molar-refractivity contribution in [2.24, 2.45) is 5.10 Å². The number of H-pyrrole nitrogens is 1. The maximum atomic E-state index is 13.4. The van der Waals surface area contributed by atoms with Crippen LogP contribution in [0.2, 0.25) is 10.0 Å². The smallest absolute Gasteiger partial charge is 0.345 e. The van der Waals surface area contributed by atoms with Crippen molar-refractivity contribution in [2.75, 3.05) is 7.11 Å². The van der Waals surface area contributed by atoms with Crippen molar-refractivity contribution in [1.29, 1.82) is 0 Å². The summed E-state index contributed by atoms with van der Waals surface area (Å²) in [5.41, 5.74) is 5.70. The Bertz CT molecular complexity index is 1820. The van der Waals surface area contributed by atoms with E-state index >= 15 is 0 Å². The van der Waals surface area contributed by atoms with Gasteiger partial charge in [0.05, 0.1) is 33.9 Å². The molecule has 7 nitrogen and oxygen atoms in total. The Balaban J connectivity index is 1.46. The number of esters is 1. The van der Waals surface area contributed by atoms with Gasteiger partial charge in [-0.25, -0.2) is 10.2 Å². The summed E-state index contributed by atoms with van der Waals surface area (Å²) in [6.07, 6.45) is 1.38. The molecule has 0 unspecified atom stereocenters. The molecular formula is C30H19Br2Cl2N3O4. The lowest BCUT2D eigenvalue weighted by atomic mass is 10.0. The predicted molar refractivity (Wildman–Crippen MR) is 169 cm³/mol. The van der Waals surface area contributed by atoms with Gasteiger partial charge in [0.2, 0.25) is 0 Å². The quantitative estimate of drug-likeness (QED) is 0.0764. The van der Waals surface area contributed by atoms with Crippen molar-refractivity contribution in [3.63, 3.8) is 0 Å². The highest BCUT2D eigenvalue weighted by Crippen LogP contribution is 2.37. The Morgan fingerprint density at radius 2 is 1.76 bits per heavy atom. The van der Waals surface area contributed by atoms with Crippen molar-refractivity contribution in [3.05, 3.63) is 115 Å². The summed E-state index contributed by atoms with van der Waals surface area (Å²) in [6.45, 7) is 0. The van der Waals surface area contributed by atoms with Crippen molar-refractivity contribution in [2.45, 2.75) is 0 Å². The fourth-order valence-electron chi connectivity index (χ4n) is 4.24. The van der Waals surface area contributed by atoms with Crippen LogP contribution in [-0.4, -0.2) is 30.2 Å². The van der Waals surface area contributed by atoms with E-state index in [0.717, 1.165) is 10.9 Å². The molecule has 0 bridgehead atoms. The molecule has 0 aliphatic rings. The van der Waals surface area contributed by atoms with Crippen molar-refractivity contribution < 1.29 is 19.1 Å². The molecule has 1 heterocycles. The second-order valence-corrected chi connectivity index (χ2v) is 11.3. The number of carbonyl (C=O) groups is 2. The molecule has 41 heavy (non-hydrogen) atoms. The molecule has 0 saturated carbocycles. The maximum Gasteiger partial charge on any atom is 0.345 e. The zero-order chi connectivity index (χ0) is 29.1. The SMILES string of the molecule is COc1cccc2c(-c3ccccc3)c(C(=O)NN=Cc3cc(Br)cc(Br)c3OC(=O)c3ccc(Cl)cc3Cl)[nH]c12. The van der Waals surface area contributed by atoms with E-state index in [1.54, 1.807) is 25.3 Å². The minimum absolute atomic E-state index is 0.143. The first-order valence-electron chi connectivity index (χ1n) is 12.0. The second-order valence-electron chi connectivity index (χ2n) is 8.64. The van der Waals surface area contributed by atoms with Gasteiger partial charge in [-0.1, -0.05) is 81.6 Å². The molecule has 1 amide bonds. The van der Waals surface area contributed by atoms with E-state index in [0.29, 0.717) is 42.1 Å². The molecule has 5 aromatic rings. The number of hydrogen-bond acceptors (Lipinski definition) is 5. The number of fused-ring (bicyclic) bond motifs is 1. The fraction of sp³-hybridized carbons (Fsp3) is 0.0333. The lowest BCUT2D eigenvalue weighted by molar-refractivity contribution is 0.0733. The van der Waals surface area contributed by atoms with Crippen molar-refractivity contribution in [1.82, 2.24) is 10.4 Å². The minimum Gasteiger partial charge on any atom is -0.495 e. The number of amides is 1. The van der Waals surface area contributed by atoms with Crippen LogP contribution in [0.4, 0.5) is 0 Å². The number of para-hydroxylation sites is 1. The summed E-state index contributed by atoms with van der Waals surface area (Å²) in [4.78, 5) is 29.5. The van der Waals surface area contributed by atoms with E-state index < -0.39 is 11.9 Å². The summed E-state index contributed by atoms with van der Waals surface area (Å²) >= 11 is 19.0. The summed E-state index contributed by atoms with van der Waals surface area (Å²) < 4.78 is 12.3. The average Bonchev–Trinajstić information content (AvgIpc) is 3.35. The van der Waals surface area contributed by atoms with Crippen LogP contribution >= 0.6 is 55.1 Å². The standard InChI is InChI=1S/C30H19Br2Cl2N3O4/c1-40-24-9-5-8-21-25(16-6-3-2-4-7-16)27(36-26(21)24)29(38)37-35-15-17-12-18(31)13-22(32)28(17)41-30(39)20-11-10-19(33)14-23(20)34/h2-15,36H,1H3,(H,37,38). The molecule has 0 spiro atoms. The molecule has 5 rings (SSSR count). The molecule has 206 valence electrons. The number of aromatic amines is 1. The lowest BCUT2D eigenvalue weighted by Crippen LogP contribution is -2.19. The second kappa shape index (κ2) is 12.5. The Labute approximate surface area is 261 Å². The van der Waals surface area contributed by atoms with Gasteiger partial charge in [-0.2, -0.15) is 5.10 Å². The van der Waals surface area contributed by atoms with Gasteiger partial charge in [0, 0.05) is 26.0 Å². The summed E-state index contributed by atoms with van der Waals surface area (Å²) in [7, 11) is 1.57. The maximum absolute atomic E-state index is 13.4. The third kappa shape index (κ3) is 6.18. The largest absolute Gasteiger partial charge is 0.495 e. The van der Waals surface area contributed by atoms with E-state index in [1.807, 2.05) is 48.5 Å².